The largest absolute Gasteiger partial charge is 0.489 e. The summed E-state index contributed by atoms with van der Waals surface area (Å²) in [6, 6.07) is 29.9. The highest BCUT2D eigenvalue weighted by molar-refractivity contribution is 6.31. The van der Waals surface area contributed by atoms with Crippen LogP contribution in [0.4, 0.5) is 0 Å². The molecule has 0 aliphatic carbocycles. The van der Waals surface area contributed by atoms with Gasteiger partial charge in [0.15, 0.2) is 0 Å². The van der Waals surface area contributed by atoms with Crippen LogP contribution in [0.2, 0.25) is 5.02 Å². The molecule has 0 radical (unpaired) electrons. The highest BCUT2D eigenvalue weighted by atomic mass is 35.5. The number of allylic oxidation sites excluding steroid dienone is 1. The molecule has 1 aliphatic rings. The number of benzene rings is 4. The van der Waals surface area contributed by atoms with Crippen LogP contribution in [0.1, 0.15) is 33.0 Å². The standard InChI is InChI=1S/C33H21ClN2O6/c34-27-10-3-1-7-21(27)18-39-22-9-5-8-20(14-22)30-24-13-12-23(16-29(24)41-31(36)26(30)17-35)40-32(37)25-15-19-6-2-4-11-28(19)42-33(25)38/h1-16,30H,18,36H2. The van der Waals surface area contributed by atoms with E-state index in [4.69, 9.17) is 36.0 Å². The Kier molecular flexibility index (Phi) is 7.09. The summed E-state index contributed by atoms with van der Waals surface area (Å²) < 4.78 is 22.5. The number of rotatable bonds is 6. The molecule has 8 nitrogen and oxygen atoms in total. The first-order valence-corrected chi connectivity index (χ1v) is 13.2. The summed E-state index contributed by atoms with van der Waals surface area (Å²) in [6.45, 7) is 0.265. The SMILES string of the molecule is N#CC1=C(N)Oc2cc(OC(=O)c3cc4ccccc4oc3=O)ccc2C1c1cccc(OCc2ccccc2Cl)c1. The minimum absolute atomic E-state index is 0.0731. The smallest absolute Gasteiger partial charge is 0.351 e. The third kappa shape index (κ3) is 5.17. The molecule has 42 heavy (non-hydrogen) atoms. The number of esters is 1. The quantitative estimate of drug-likeness (QED) is 0.139. The minimum Gasteiger partial charge on any atom is -0.489 e. The van der Waals surface area contributed by atoms with Gasteiger partial charge in [-0.05, 0) is 42.0 Å². The molecule has 0 spiro atoms. The predicted octanol–water partition coefficient (Wildman–Crippen LogP) is 6.46. The summed E-state index contributed by atoms with van der Waals surface area (Å²) in [5, 5.41) is 11.1. The van der Waals surface area contributed by atoms with Crippen LogP contribution in [0.5, 0.6) is 17.2 Å². The lowest BCUT2D eigenvalue weighted by molar-refractivity contribution is 0.0730. The highest BCUT2D eigenvalue weighted by Crippen LogP contribution is 2.44. The van der Waals surface area contributed by atoms with E-state index in [0.29, 0.717) is 33.1 Å². The highest BCUT2D eigenvalue weighted by Gasteiger charge is 2.31. The fourth-order valence-corrected chi connectivity index (χ4v) is 4.96. The number of ether oxygens (including phenoxy) is 3. The first kappa shape index (κ1) is 26.7. The molecule has 0 amide bonds. The zero-order valence-electron chi connectivity index (χ0n) is 21.9. The molecule has 0 bridgehead atoms. The van der Waals surface area contributed by atoms with Gasteiger partial charge in [-0.1, -0.05) is 66.2 Å². The van der Waals surface area contributed by atoms with E-state index >= 15 is 0 Å². The van der Waals surface area contributed by atoms with Crippen molar-refractivity contribution < 1.29 is 23.4 Å². The molecule has 4 aromatic carbocycles. The van der Waals surface area contributed by atoms with Crippen molar-refractivity contribution in [3.05, 3.63) is 146 Å². The van der Waals surface area contributed by atoms with Gasteiger partial charge in [-0.2, -0.15) is 5.26 Å². The van der Waals surface area contributed by atoms with Crippen LogP contribution in [0.25, 0.3) is 11.0 Å². The predicted molar refractivity (Wildman–Crippen MR) is 155 cm³/mol. The molecule has 2 N–H and O–H groups in total. The Bertz CT molecular complexity index is 1990. The fraction of sp³-hybridized carbons (Fsp3) is 0.0606. The van der Waals surface area contributed by atoms with E-state index in [-0.39, 0.29) is 29.4 Å². The van der Waals surface area contributed by atoms with E-state index in [9.17, 15) is 14.9 Å². The van der Waals surface area contributed by atoms with Gasteiger partial charge in [0, 0.05) is 27.6 Å². The second kappa shape index (κ2) is 11.2. The Labute approximate surface area is 244 Å². The lowest BCUT2D eigenvalue weighted by Crippen LogP contribution is -2.22. The average Bonchev–Trinajstić information content (AvgIpc) is 2.99. The maximum atomic E-state index is 12.9. The van der Waals surface area contributed by atoms with Gasteiger partial charge in [-0.3, -0.25) is 0 Å². The zero-order valence-corrected chi connectivity index (χ0v) is 22.6. The lowest BCUT2D eigenvalue weighted by atomic mass is 9.83. The van der Waals surface area contributed by atoms with Gasteiger partial charge in [0.25, 0.3) is 0 Å². The molecule has 6 rings (SSSR count). The van der Waals surface area contributed by atoms with Crippen LogP contribution in [0.3, 0.4) is 0 Å². The van der Waals surface area contributed by atoms with Crippen molar-refractivity contribution in [1.29, 1.82) is 5.26 Å². The van der Waals surface area contributed by atoms with Crippen molar-refractivity contribution in [2.75, 3.05) is 0 Å². The van der Waals surface area contributed by atoms with Crippen LogP contribution < -0.4 is 25.6 Å². The summed E-state index contributed by atoms with van der Waals surface area (Å²) in [7, 11) is 0. The summed E-state index contributed by atoms with van der Waals surface area (Å²) >= 11 is 6.26. The van der Waals surface area contributed by atoms with Crippen LogP contribution in [-0.4, -0.2) is 5.97 Å². The van der Waals surface area contributed by atoms with Crippen molar-refractivity contribution >= 4 is 28.5 Å². The van der Waals surface area contributed by atoms with Crippen molar-refractivity contribution in [3.8, 4) is 23.3 Å². The third-order valence-electron chi connectivity index (χ3n) is 6.81. The Balaban J connectivity index is 1.28. The summed E-state index contributed by atoms with van der Waals surface area (Å²) in [5.74, 6) is -0.525. The van der Waals surface area contributed by atoms with Crippen molar-refractivity contribution in [3.63, 3.8) is 0 Å². The Hall–Kier alpha value is -5.52. The number of nitrogens with two attached hydrogens (primary N) is 1. The van der Waals surface area contributed by atoms with E-state index < -0.39 is 17.5 Å². The Morgan fingerprint density at radius 2 is 1.76 bits per heavy atom. The molecule has 5 aromatic rings. The van der Waals surface area contributed by atoms with E-state index in [1.54, 1.807) is 42.5 Å². The van der Waals surface area contributed by atoms with Gasteiger partial charge in [-0.25, -0.2) is 9.59 Å². The third-order valence-corrected chi connectivity index (χ3v) is 7.17. The maximum Gasteiger partial charge on any atom is 0.351 e. The van der Waals surface area contributed by atoms with E-state index in [2.05, 4.69) is 6.07 Å². The molecule has 0 fully saturated rings. The van der Waals surface area contributed by atoms with Crippen LogP contribution >= 0.6 is 11.6 Å². The van der Waals surface area contributed by atoms with Gasteiger partial charge >= 0.3 is 11.6 Å². The molecule has 1 aliphatic heterocycles. The Morgan fingerprint density at radius 3 is 2.60 bits per heavy atom. The topological polar surface area (TPSA) is 125 Å². The normalized spacial score (nSPS) is 14.0. The number of carbonyl (C=O) groups excluding carboxylic acids is 1. The lowest BCUT2D eigenvalue weighted by Gasteiger charge is -2.27. The second-order valence-electron chi connectivity index (χ2n) is 9.45. The molecular weight excluding hydrogens is 556 g/mol. The van der Waals surface area contributed by atoms with Gasteiger partial charge in [0.2, 0.25) is 5.88 Å². The van der Waals surface area contributed by atoms with Gasteiger partial charge < -0.3 is 24.4 Å². The number of para-hydroxylation sites is 1. The first-order chi connectivity index (χ1) is 20.4. The molecule has 0 saturated heterocycles. The van der Waals surface area contributed by atoms with Crippen LogP contribution in [0, 0.1) is 11.3 Å². The number of hydrogen-bond acceptors (Lipinski definition) is 8. The number of nitrogens with zero attached hydrogens (tertiary/aromatic N) is 1. The molecular formula is C33H21ClN2O6. The molecule has 0 saturated carbocycles. The minimum atomic E-state index is -0.883. The maximum absolute atomic E-state index is 12.9. The van der Waals surface area contributed by atoms with Crippen molar-refractivity contribution in [1.82, 2.24) is 0 Å². The molecule has 1 unspecified atom stereocenters. The molecule has 1 aromatic heterocycles. The molecule has 9 heteroatoms. The van der Waals surface area contributed by atoms with E-state index in [1.165, 1.54) is 12.1 Å². The summed E-state index contributed by atoms with van der Waals surface area (Å²) in [4.78, 5) is 25.3. The molecule has 2 heterocycles. The molecule has 1 atom stereocenters. The van der Waals surface area contributed by atoms with E-state index in [0.717, 1.165) is 11.1 Å². The fourth-order valence-electron chi connectivity index (χ4n) is 4.77. The number of hydrogen-bond donors (Lipinski definition) is 1. The van der Waals surface area contributed by atoms with Gasteiger partial charge in [-0.15, -0.1) is 0 Å². The number of carbonyl (C=O) groups is 1. The van der Waals surface area contributed by atoms with Crippen LogP contribution in [-0.2, 0) is 6.61 Å². The number of nitriles is 1. The van der Waals surface area contributed by atoms with E-state index in [1.807, 2.05) is 42.5 Å². The monoisotopic (exact) mass is 576 g/mol. The van der Waals surface area contributed by atoms with Crippen molar-refractivity contribution in [2.24, 2.45) is 5.73 Å². The summed E-state index contributed by atoms with van der Waals surface area (Å²) in [5.41, 5.74) is 7.91. The van der Waals surface area contributed by atoms with Gasteiger partial charge in [0.05, 0.1) is 5.92 Å². The number of halogens is 1. The Morgan fingerprint density at radius 1 is 0.952 bits per heavy atom. The first-order valence-electron chi connectivity index (χ1n) is 12.8. The molecule has 206 valence electrons. The van der Waals surface area contributed by atoms with Crippen molar-refractivity contribution in [2.45, 2.75) is 12.5 Å². The number of fused-ring (bicyclic) bond motifs is 2. The average molecular weight is 577 g/mol. The zero-order chi connectivity index (χ0) is 29.2. The second-order valence-corrected chi connectivity index (χ2v) is 9.86. The summed E-state index contributed by atoms with van der Waals surface area (Å²) in [6.07, 6.45) is 0. The van der Waals surface area contributed by atoms with Crippen LogP contribution in [0.15, 0.2) is 118 Å². The van der Waals surface area contributed by atoms with Gasteiger partial charge in [0.1, 0.15) is 46.6 Å².